The molecule has 2 amide bonds. The maximum atomic E-state index is 11.9. The normalized spacial score (nSPS) is 12.7. The molecular weight excluding hydrogens is 294 g/mol. The smallest absolute Gasteiger partial charge is 0.255 e. The van der Waals surface area contributed by atoms with Gasteiger partial charge in [-0.05, 0) is 30.2 Å². The second-order valence-electron chi connectivity index (χ2n) is 4.68. The monoisotopic (exact) mass is 315 g/mol. The minimum absolute atomic E-state index is 0. The van der Waals surface area contributed by atoms with Crippen LogP contribution >= 0.6 is 12.4 Å². The van der Waals surface area contributed by atoms with Crippen molar-refractivity contribution in [2.75, 3.05) is 11.9 Å². The first-order valence-electron chi connectivity index (χ1n) is 6.51. The maximum absolute atomic E-state index is 11.9. The quantitative estimate of drug-likeness (QED) is 0.704. The van der Waals surface area contributed by atoms with Gasteiger partial charge in [-0.1, -0.05) is 20.3 Å². The van der Waals surface area contributed by atoms with Crippen molar-refractivity contribution in [3.63, 3.8) is 0 Å². The Labute approximate surface area is 130 Å². The standard InChI is InChI=1S/C14H21N3O3.ClH/c1-3-9(2)13(16)14(19)17-10-4-6-11(7-5-10)20-8-12(15)18;/h4-7,9,13H,3,8,16H2,1-2H3,(H2,15,18)(H,17,19);1H. The van der Waals surface area contributed by atoms with Crippen molar-refractivity contribution < 1.29 is 14.3 Å². The van der Waals surface area contributed by atoms with Crippen LogP contribution in [0.25, 0.3) is 0 Å². The highest BCUT2D eigenvalue weighted by Gasteiger charge is 2.19. The molecule has 2 unspecified atom stereocenters. The van der Waals surface area contributed by atoms with E-state index in [9.17, 15) is 9.59 Å². The lowest BCUT2D eigenvalue weighted by Gasteiger charge is -2.17. The van der Waals surface area contributed by atoms with E-state index in [2.05, 4.69) is 5.32 Å². The Bertz CT molecular complexity index is 465. The van der Waals surface area contributed by atoms with Gasteiger partial charge in [0.2, 0.25) is 5.91 Å². The molecule has 0 aliphatic carbocycles. The zero-order valence-corrected chi connectivity index (χ0v) is 13.0. The fourth-order valence-electron chi connectivity index (χ4n) is 1.53. The van der Waals surface area contributed by atoms with E-state index in [1.165, 1.54) is 0 Å². The van der Waals surface area contributed by atoms with Crippen molar-refractivity contribution in [1.82, 2.24) is 0 Å². The number of amides is 2. The molecule has 0 saturated heterocycles. The molecule has 0 radical (unpaired) electrons. The lowest BCUT2D eigenvalue weighted by Crippen LogP contribution is -2.40. The van der Waals surface area contributed by atoms with E-state index in [-0.39, 0.29) is 30.8 Å². The number of carbonyl (C=O) groups is 2. The number of halogens is 1. The minimum atomic E-state index is -0.540. The molecule has 5 N–H and O–H groups in total. The maximum Gasteiger partial charge on any atom is 0.255 e. The SMILES string of the molecule is CCC(C)C(N)C(=O)Nc1ccc(OCC(N)=O)cc1.Cl. The summed E-state index contributed by atoms with van der Waals surface area (Å²) in [4.78, 5) is 22.5. The molecule has 0 aliphatic rings. The number of nitrogens with one attached hydrogen (secondary N) is 1. The summed E-state index contributed by atoms with van der Waals surface area (Å²) in [6.45, 7) is 3.75. The highest BCUT2D eigenvalue weighted by molar-refractivity contribution is 5.94. The molecule has 7 heteroatoms. The lowest BCUT2D eigenvalue weighted by atomic mass is 9.99. The molecule has 21 heavy (non-hydrogen) atoms. The molecule has 0 fully saturated rings. The summed E-state index contributed by atoms with van der Waals surface area (Å²) in [7, 11) is 0. The predicted molar refractivity (Wildman–Crippen MR) is 84.4 cm³/mol. The molecule has 0 spiro atoms. The largest absolute Gasteiger partial charge is 0.484 e. The Morgan fingerprint density at radius 1 is 1.29 bits per heavy atom. The molecule has 0 bridgehead atoms. The van der Waals surface area contributed by atoms with Gasteiger partial charge in [0.1, 0.15) is 5.75 Å². The number of ether oxygens (including phenoxy) is 1. The van der Waals surface area contributed by atoms with Gasteiger partial charge in [0.25, 0.3) is 5.91 Å². The van der Waals surface area contributed by atoms with E-state index in [0.717, 1.165) is 6.42 Å². The first-order chi connectivity index (χ1) is 9.43. The number of rotatable bonds is 7. The van der Waals surface area contributed by atoms with Gasteiger partial charge in [0, 0.05) is 5.69 Å². The van der Waals surface area contributed by atoms with E-state index in [4.69, 9.17) is 16.2 Å². The van der Waals surface area contributed by atoms with E-state index in [1.807, 2.05) is 13.8 Å². The third-order valence-corrected chi connectivity index (χ3v) is 3.06. The molecule has 1 aromatic rings. The summed E-state index contributed by atoms with van der Waals surface area (Å²) in [5, 5.41) is 2.74. The van der Waals surface area contributed by atoms with Gasteiger partial charge in [-0.15, -0.1) is 12.4 Å². The first kappa shape index (κ1) is 19.2. The highest BCUT2D eigenvalue weighted by atomic mass is 35.5. The number of hydrogen-bond acceptors (Lipinski definition) is 4. The number of carbonyl (C=O) groups excluding carboxylic acids is 2. The number of anilines is 1. The average molecular weight is 316 g/mol. The van der Waals surface area contributed by atoms with Crippen LogP contribution in [0.15, 0.2) is 24.3 Å². The lowest BCUT2D eigenvalue weighted by molar-refractivity contribution is -0.120. The third-order valence-electron chi connectivity index (χ3n) is 3.06. The van der Waals surface area contributed by atoms with Crippen LogP contribution in [0.1, 0.15) is 20.3 Å². The van der Waals surface area contributed by atoms with Gasteiger partial charge < -0.3 is 21.5 Å². The van der Waals surface area contributed by atoms with Crippen LogP contribution < -0.4 is 21.5 Å². The fraction of sp³-hybridized carbons (Fsp3) is 0.429. The Balaban J connectivity index is 0.00000400. The summed E-state index contributed by atoms with van der Waals surface area (Å²) in [6, 6.07) is 6.11. The second-order valence-corrected chi connectivity index (χ2v) is 4.68. The molecule has 1 aromatic carbocycles. The molecule has 118 valence electrons. The summed E-state index contributed by atoms with van der Waals surface area (Å²) in [5.74, 6) is -0.131. The third kappa shape index (κ3) is 6.46. The topological polar surface area (TPSA) is 107 Å². The Kier molecular flexibility index (Phi) is 8.42. The number of primary amides is 1. The highest BCUT2D eigenvalue weighted by Crippen LogP contribution is 2.16. The second kappa shape index (κ2) is 9.20. The van der Waals surface area contributed by atoms with Crippen LogP contribution in [0, 0.1) is 5.92 Å². The van der Waals surface area contributed by atoms with Crippen LogP contribution in [-0.2, 0) is 9.59 Å². The van der Waals surface area contributed by atoms with Crippen LogP contribution in [0.4, 0.5) is 5.69 Å². The Morgan fingerprint density at radius 3 is 2.33 bits per heavy atom. The van der Waals surface area contributed by atoms with E-state index >= 15 is 0 Å². The molecule has 0 saturated carbocycles. The van der Waals surface area contributed by atoms with Gasteiger partial charge in [0.05, 0.1) is 6.04 Å². The van der Waals surface area contributed by atoms with Gasteiger partial charge in [-0.3, -0.25) is 9.59 Å². The van der Waals surface area contributed by atoms with Crippen LogP contribution in [-0.4, -0.2) is 24.5 Å². The van der Waals surface area contributed by atoms with Crippen molar-refractivity contribution >= 4 is 29.9 Å². The van der Waals surface area contributed by atoms with E-state index in [1.54, 1.807) is 24.3 Å². The Hall–Kier alpha value is -1.79. The molecule has 2 atom stereocenters. The van der Waals surface area contributed by atoms with Crippen molar-refractivity contribution in [2.45, 2.75) is 26.3 Å². The number of benzene rings is 1. The zero-order valence-electron chi connectivity index (χ0n) is 12.2. The fourth-order valence-corrected chi connectivity index (χ4v) is 1.53. The van der Waals surface area contributed by atoms with Crippen LogP contribution in [0.2, 0.25) is 0 Å². The van der Waals surface area contributed by atoms with Gasteiger partial charge in [0.15, 0.2) is 6.61 Å². The molecule has 0 heterocycles. The zero-order chi connectivity index (χ0) is 15.1. The predicted octanol–water partition coefficient (Wildman–Crippen LogP) is 1.28. The van der Waals surface area contributed by atoms with Crippen molar-refractivity contribution in [3.8, 4) is 5.75 Å². The summed E-state index contributed by atoms with van der Waals surface area (Å²) in [6.07, 6.45) is 0.842. The number of hydrogen-bond donors (Lipinski definition) is 3. The average Bonchev–Trinajstić information content (AvgIpc) is 2.44. The summed E-state index contributed by atoms with van der Waals surface area (Å²) < 4.78 is 5.12. The summed E-state index contributed by atoms with van der Waals surface area (Å²) >= 11 is 0. The molecule has 0 aromatic heterocycles. The van der Waals surface area contributed by atoms with Gasteiger partial charge in [-0.25, -0.2) is 0 Å². The molecular formula is C14H22ClN3O3. The minimum Gasteiger partial charge on any atom is -0.484 e. The van der Waals surface area contributed by atoms with Gasteiger partial charge in [-0.2, -0.15) is 0 Å². The van der Waals surface area contributed by atoms with Crippen LogP contribution in [0.5, 0.6) is 5.75 Å². The number of nitrogens with two attached hydrogens (primary N) is 2. The first-order valence-corrected chi connectivity index (χ1v) is 6.51. The van der Waals surface area contributed by atoms with Crippen molar-refractivity contribution in [2.24, 2.45) is 17.4 Å². The molecule has 6 nitrogen and oxygen atoms in total. The van der Waals surface area contributed by atoms with Crippen LogP contribution in [0.3, 0.4) is 0 Å². The Morgan fingerprint density at radius 2 is 1.86 bits per heavy atom. The van der Waals surface area contributed by atoms with Gasteiger partial charge >= 0.3 is 0 Å². The summed E-state index contributed by atoms with van der Waals surface area (Å²) in [5.41, 5.74) is 11.4. The van der Waals surface area contributed by atoms with Crippen molar-refractivity contribution in [1.29, 1.82) is 0 Å². The molecule has 1 rings (SSSR count). The van der Waals surface area contributed by atoms with Crippen molar-refractivity contribution in [3.05, 3.63) is 24.3 Å². The van der Waals surface area contributed by atoms with E-state index < -0.39 is 11.9 Å². The molecule has 0 aliphatic heterocycles. The van der Waals surface area contributed by atoms with E-state index in [0.29, 0.717) is 11.4 Å².